The zero-order chi connectivity index (χ0) is 19.6. The van der Waals surface area contributed by atoms with Gasteiger partial charge in [0.15, 0.2) is 5.82 Å². The van der Waals surface area contributed by atoms with Crippen molar-refractivity contribution in [2.75, 3.05) is 13.1 Å². The van der Waals surface area contributed by atoms with Gasteiger partial charge in [-0.05, 0) is 45.4 Å². The van der Waals surface area contributed by atoms with Crippen molar-refractivity contribution < 1.29 is 14.4 Å². The minimum atomic E-state index is -0.526. The zero-order valence-corrected chi connectivity index (χ0v) is 16.9. The van der Waals surface area contributed by atoms with Crippen LogP contribution in [0.15, 0.2) is 24.3 Å². The predicted molar refractivity (Wildman–Crippen MR) is 108 cm³/mol. The van der Waals surface area contributed by atoms with Gasteiger partial charge in [0.1, 0.15) is 17.1 Å². The molecule has 0 bridgehead atoms. The molecule has 0 aliphatic heterocycles. The Hall–Kier alpha value is -2.51. The van der Waals surface area contributed by atoms with E-state index in [-0.39, 0.29) is 0 Å². The molecule has 7 heteroatoms. The zero-order valence-electron chi connectivity index (χ0n) is 16.1. The summed E-state index contributed by atoms with van der Waals surface area (Å²) in [6, 6.07) is 6.96. The van der Waals surface area contributed by atoms with E-state index in [2.05, 4.69) is 20.8 Å². The molecule has 0 aliphatic carbocycles. The van der Waals surface area contributed by atoms with Crippen molar-refractivity contribution in [3.8, 4) is 11.6 Å². The van der Waals surface area contributed by atoms with Gasteiger partial charge in [-0.25, -0.2) is 4.98 Å². The number of thiophene rings is 1. The number of carbonyl (C=O) groups is 1. The van der Waals surface area contributed by atoms with Gasteiger partial charge in [-0.2, -0.15) is 4.98 Å². The number of nitrogens with zero attached hydrogens (tertiary/aromatic N) is 2. The minimum absolute atomic E-state index is 0.338. The summed E-state index contributed by atoms with van der Waals surface area (Å²) in [4.78, 5) is 24.7. The number of carbonyl (C=O) groups excluding carboxylic acids is 1. The number of hydrogen-bond acceptors (Lipinski definition) is 5. The highest BCUT2D eigenvalue weighted by Crippen LogP contribution is 2.37. The molecule has 0 spiro atoms. The fraction of sp³-hybridized carbons (Fsp3) is 0.350. The summed E-state index contributed by atoms with van der Waals surface area (Å²) in [6.45, 7) is 11.1. The minimum Gasteiger partial charge on any atom is -0.437 e. The van der Waals surface area contributed by atoms with Crippen LogP contribution >= 0.6 is 11.3 Å². The number of nitrogens with one attached hydrogen (secondary N) is 1. The lowest BCUT2D eigenvalue weighted by Gasteiger charge is -2.15. The lowest BCUT2D eigenvalue weighted by atomic mass is 10.2. The highest BCUT2D eigenvalue weighted by Gasteiger charge is 2.20. The molecule has 2 heterocycles. The fourth-order valence-corrected chi connectivity index (χ4v) is 4.03. The Kier molecular flexibility index (Phi) is 5.72. The number of amides is 1. The van der Waals surface area contributed by atoms with Crippen LogP contribution in [0.3, 0.4) is 0 Å². The summed E-state index contributed by atoms with van der Waals surface area (Å²) in [5.41, 5.74) is 6.93. The van der Waals surface area contributed by atoms with Crippen LogP contribution in [0.1, 0.15) is 40.5 Å². The van der Waals surface area contributed by atoms with Gasteiger partial charge in [0.2, 0.25) is 5.88 Å². The molecule has 0 radical (unpaired) electrons. The Morgan fingerprint density at radius 2 is 1.89 bits per heavy atom. The van der Waals surface area contributed by atoms with Crippen molar-refractivity contribution in [1.82, 2.24) is 9.97 Å². The van der Waals surface area contributed by atoms with E-state index < -0.39 is 5.91 Å². The maximum absolute atomic E-state index is 11.7. The number of rotatable bonds is 7. The molecule has 3 aromatic rings. The van der Waals surface area contributed by atoms with Gasteiger partial charge in [0.05, 0.1) is 24.0 Å². The molecular weight excluding hydrogens is 360 g/mol. The Bertz CT molecular complexity index is 980. The maximum atomic E-state index is 11.7. The average Bonchev–Trinajstić information content (AvgIpc) is 2.94. The van der Waals surface area contributed by atoms with Gasteiger partial charge >= 0.3 is 0 Å². The number of hydrogen-bond donors (Lipinski definition) is 2. The van der Waals surface area contributed by atoms with Crippen LogP contribution in [0.5, 0.6) is 11.6 Å². The molecule has 27 heavy (non-hydrogen) atoms. The Balaban J connectivity index is 2.11. The second kappa shape index (κ2) is 8.02. The number of nitrogens with two attached hydrogens (primary N) is 1. The lowest BCUT2D eigenvalue weighted by molar-refractivity contribution is -0.910. The highest BCUT2D eigenvalue weighted by atomic mass is 32.1. The number of quaternary nitrogens is 1. The fourth-order valence-electron chi connectivity index (χ4n) is 2.99. The van der Waals surface area contributed by atoms with Crippen LogP contribution in [0, 0.1) is 13.8 Å². The van der Waals surface area contributed by atoms with Gasteiger partial charge in [0.25, 0.3) is 5.91 Å². The first-order valence-electron chi connectivity index (χ1n) is 9.11. The molecule has 0 saturated heterocycles. The van der Waals surface area contributed by atoms with Crippen molar-refractivity contribution in [3.63, 3.8) is 0 Å². The molecular formula is C20H25N4O2S+. The number of fused-ring (bicyclic) bond motifs is 1. The van der Waals surface area contributed by atoms with E-state index in [1.54, 1.807) is 29.5 Å². The molecule has 3 N–H and O–H groups in total. The SMILES string of the molecule is CC[NH+](CC)Cc1nc(Oc2ccccc2C(N)=O)c2c(C)c(C)sc2n1. The maximum Gasteiger partial charge on any atom is 0.252 e. The first-order valence-corrected chi connectivity index (χ1v) is 9.93. The number of benzene rings is 1. The molecule has 6 nitrogen and oxygen atoms in total. The second-order valence-corrected chi connectivity index (χ2v) is 7.71. The Labute approximate surface area is 163 Å². The average molecular weight is 386 g/mol. The summed E-state index contributed by atoms with van der Waals surface area (Å²) in [5.74, 6) is 1.11. The number of para-hydroxylation sites is 1. The first kappa shape index (κ1) is 19.3. The van der Waals surface area contributed by atoms with E-state index in [1.807, 2.05) is 13.0 Å². The van der Waals surface area contributed by atoms with Crippen molar-refractivity contribution in [1.29, 1.82) is 0 Å². The van der Waals surface area contributed by atoms with Crippen LogP contribution in [0.25, 0.3) is 10.2 Å². The van der Waals surface area contributed by atoms with Gasteiger partial charge in [-0.3, -0.25) is 4.79 Å². The number of aryl methyl sites for hydroxylation is 2. The number of aromatic nitrogens is 2. The standard InChI is InChI=1S/C20H24N4O2S/c1-5-24(6-2)11-16-22-19(17-12(3)13(4)27-20(17)23-16)26-15-10-8-7-9-14(15)18(21)25/h7-10H,5-6,11H2,1-4H3,(H2,21,25)/p+1. The van der Waals surface area contributed by atoms with Gasteiger partial charge in [-0.15, -0.1) is 11.3 Å². The van der Waals surface area contributed by atoms with E-state index in [4.69, 9.17) is 20.4 Å². The summed E-state index contributed by atoms with van der Waals surface area (Å²) in [7, 11) is 0. The van der Waals surface area contributed by atoms with E-state index in [9.17, 15) is 4.79 Å². The molecule has 1 amide bonds. The van der Waals surface area contributed by atoms with E-state index in [0.29, 0.717) is 17.2 Å². The highest BCUT2D eigenvalue weighted by molar-refractivity contribution is 7.18. The first-order chi connectivity index (χ1) is 12.9. The summed E-state index contributed by atoms with van der Waals surface area (Å²) < 4.78 is 6.11. The number of primary amides is 1. The van der Waals surface area contributed by atoms with Gasteiger partial charge in [-0.1, -0.05) is 12.1 Å². The molecule has 0 atom stereocenters. The van der Waals surface area contributed by atoms with Gasteiger partial charge in [0, 0.05) is 4.88 Å². The van der Waals surface area contributed by atoms with E-state index >= 15 is 0 Å². The molecule has 0 aliphatic rings. The monoisotopic (exact) mass is 385 g/mol. The molecule has 0 unspecified atom stereocenters. The largest absolute Gasteiger partial charge is 0.437 e. The van der Waals surface area contributed by atoms with Crippen LogP contribution in [0.4, 0.5) is 0 Å². The predicted octanol–water partition coefficient (Wildman–Crippen LogP) is 2.62. The van der Waals surface area contributed by atoms with Crippen molar-refractivity contribution in [2.45, 2.75) is 34.2 Å². The molecule has 2 aromatic heterocycles. The topological polar surface area (TPSA) is 82.5 Å². The second-order valence-electron chi connectivity index (χ2n) is 6.50. The third-order valence-electron chi connectivity index (χ3n) is 4.81. The quantitative estimate of drug-likeness (QED) is 0.655. The Morgan fingerprint density at radius 1 is 1.19 bits per heavy atom. The molecule has 1 aromatic carbocycles. The lowest BCUT2D eigenvalue weighted by Crippen LogP contribution is -3.10. The third kappa shape index (κ3) is 3.94. The van der Waals surface area contributed by atoms with Crippen LogP contribution in [0.2, 0.25) is 0 Å². The van der Waals surface area contributed by atoms with Gasteiger partial charge < -0.3 is 15.4 Å². The van der Waals surface area contributed by atoms with Crippen LogP contribution < -0.4 is 15.4 Å². The van der Waals surface area contributed by atoms with Crippen LogP contribution in [-0.2, 0) is 6.54 Å². The molecule has 142 valence electrons. The van der Waals surface area contributed by atoms with Crippen molar-refractivity contribution in [2.24, 2.45) is 5.73 Å². The van der Waals surface area contributed by atoms with Crippen LogP contribution in [-0.4, -0.2) is 29.0 Å². The summed E-state index contributed by atoms with van der Waals surface area (Å²) in [6.07, 6.45) is 0. The molecule has 0 fully saturated rings. The van der Waals surface area contributed by atoms with Crippen molar-refractivity contribution >= 4 is 27.5 Å². The molecule has 3 rings (SSSR count). The van der Waals surface area contributed by atoms with Crippen molar-refractivity contribution in [3.05, 3.63) is 46.1 Å². The normalized spacial score (nSPS) is 11.3. The smallest absolute Gasteiger partial charge is 0.252 e. The van der Waals surface area contributed by atoms with E-state index in [1.165, 1.54) is 9.78 Å². The third-order valence-corrected chi connectivity index (χ3v) is 5.91. The molecule has 0 saturated carbocycles. The number of ether oxygens (including phenoxy) is 1. The summed E-state index contributed by atoms with van der Waals surface area (Å²) in [5, 5.41) is 0.898. The van der Waals surface area contributed by atoms with E-state index in [0.717, 1.165) is 41.2 Å². The summed E-state index contributed by atoms with van der Waals surface area (Å²) >= 11 is 1.64. The Morgan fingerprint density at radius 3 is 2.56 bits per heavy atom.